The predicted octanol–water partition coefficient (Wildman–Crippen LogP) is 5.33. The van der Waals surface area contributed by atoms with E-state index in [1.807, 2.05) is 54.6 Å². The number of rotatable bonds is 4. The number of aliphatic hydroxyl groups is 1. The molecule has 3 aromatic carbocycles. The lowest BCUT2D eigenvalue weighted by Gasteiger charge is -2.34. The van der Waals surface area contributed by atoms with E-state index < -0.39 is 5.72 Å². The number of aliphatic imine (C=N–C) groups is 1. The van der Waals surface area contributed by atoms with E-state index in [9.17, 15) is 9.90 Å². The fourth-order valence-corrected chi connectivity index (χ4v) is 4.65. The third kappa shape index (κ3) is 4.39. The van der Waals surface area contributed by atoms with Crippen LogP contribution in [-0.2, 0) is 5.72 Å². The summed E-state index contributed by atoms with van der Waals surface area (Å²) in [5.74, 6) is -0.0703. The molecule has 0 bridgehead atoms. The van der Waals surface area contributed by atoms with Crippen LogP contribution < -0.4 is 5.43 Å². The largest absolute Gasteiger partial charge is 0.365 e. The van der Waals surface area contributed by atoms with Gasteiger partial charge in [-0.05, 0) is 48.5 Å². The molecule has 0 aromatic heterocycles. The van der Waals surface area contributed by atoms with Gasteiger partial charge in [-0.3, -0.25) is 10.2 Å². The smallest absolute Gasteiger partial charge is 0.269 e. The van der Waals surface area contributed by atoms with Gasteiger partial charge in [0.1, 0.15) is 0 Å². The van der Waals surface area contributed by atoms with Crippen molar-refractivity contribution in [3.63, 3.8) is 0 Å². The van der Waals surface area contributed by atoms with Gasteiger partial charge in [-0.2, -0.15) is 0 Å². The minimum Gasteiger partial charge on any atom is -0.365 e. The number of halogens is 2. The highest BCUT2D eigenvalue weighted by Crippen LogP contribution is 2.39. The van der Waals surface area contributed by atoms with Gasteiger partial charge >= 0.3 is 0 Å². The Bertz CT molecular complexity index is 1100. The van der Waals surface area contributed by atoms with E-state index in [1.165, 1.54) is 16.8 Å². The second-order valence-corrected chi connectivity index (χ2v) is 8.92. The second kappa shape index (κ2) is 8.81. The number of hydrazine groups is 1. The van der Waals surface area contributed by atoms with Gasteiger partial charge in [0.2, 0.25) is 0 Å². The summed E-state index contributed by atoms with van der Waals surface area (Å²) in [5, 5.41) is 14.1. The van der Waals surface area contributed by atoms with Crippen LogP contribution in [0.4, 0.5) is 5.69 Å². The van der Waals surface area contributed by atoms with Crippen molar-refractivity contribution < 1.29 is 9.90 Å². The van der Waals surface area contributed by atoms with E-state index in [4.69, 9.17) is 11.6 Å². The quantitative estimate of drug-likeness (QED) is 0.506. The van der Waals surface area contributed by atoms with Crippen LogP contribution in [-0.4, -0.2) is 26.9 Å². The number of para-hydroxylation sites is 1. The lowest BCUT2D eigenvalue weighted by atomic mass is 10.0. The first-order valence-electron chi connectivity index (χ1n) is 9.07. The number of hydrogen-bond donors (Lipinski definition) is 2. The molecule has 0 saturated carbocycles. The van der Waals surface area contributed by atoms with Crippen LogP contribution in [0.2, 0.25) is 5.02 Å². The zero-order valence-corrected chi connectivity index (χ0v) is 18.8. The topological polar surface area (TPSA) is 64.9 Å². The summed E-state index contributed by atoms with van der Waals surface area (Å²) in [6.07, 6.45) is 0. The monoisotopic (exact) mass is 501 g/mol. The molecule has 152 valence electrons. The van der Waals surface area contributed by atoms with Crippen molar-refractivity contribution in [2.24, 2.45) is 4.99 Å². The Morgan fingerprint density at radius 1 is 1.10 bits per heavy atom. The Balaban J connectivity index is 1.72. The molecule has 1 fully saturated rings. The van der Waals surface area contributed by atoms with Gasteiger partial charge in [0.15, 0.2) is 10.9 Å². The van der Waals surface area contributed by atoms with Gasteiger partial charge < -0.3 is 5.11 Å². The highest BCUT2D eigenvalue weighted by Gasteiger charge is 2.46. The first kappa shape index (κ1) is 20.9. The zero-order chi connectivity index (χ0) is 21.1. The third-order valence-corrected chi connectivity index (χ3v) is 6.38. The Morgan fingerprint density at radius 3 is 2.53 bits per heavy atom. The van der Waals surface area contributed by atoms with Crippen LogP contribution in [0.1, 0.15) is 15.9 Å². The van der Waals surface area contributed by atoms with E-state index in [1.54, 1.807) is 24.3 Å². The molecule has 30 heavy (non-hydrogen) atoms. The molecule has 8 heteroatoms. The van der Waals surface area contributed by atoms with Gasteiger partial charge in [-0.15, -0.1) is 0 Å². The van der Waals surface area contributed by atoms with Crippen LogP contribution in [0, 0.1) is 0 Å². The summed E-state index contributed by atoms with van der Waals surface area (Å²) < 4.78 is 0.829. The van der Waals surface area contributed by atoms with Crippen LogP contribution in [0.5, 0.6) is 0 Å². The summed E-state index contributed by atoms with van der Waals surface area (Å²) in [6.45, 7) is 0. The lowest BCUT2D eigenvalue weighted by Crippen LogP contribution is -2.54. The molecule has 0 aliphatic carbocycles. The molecule has 0 radical (unpaired) electrons. The third-order valence-electron chi connectivity index (χ3n) is 4.55. The highest BCUT2D eigenvalue weighted by molar-refractivity contribution is 9.10. The van der Waals surface area contributed by atoms with Crippen molar-refractivity contribution in [1.29, 1.82) is 0 Å². The minimum absolute atomic E-state index is 0.302. The number of amidine groups is 1. The predicted molar refractivity (Wildman–Crippen MR) is 125 cm³/mol. The molecule has 1 unspecified atom stereocenters. The summed E-state index contributed by atoms with van der Waals surface area (Å²) in [5.41, 5.74) is 3.15. The zero-order valence-electron chi connectivity index (χ0n) is 15.6. The van der Waals surface area contributed by atoms with Crippen LogP contribution in [0.15, 0.2) is 88.3 Å². The molecule has 2 N–H and O–H groups in total. The number of nitrogens with one attached hydrogen (secondary N) is 1. The first-order chi connectivity index (χ1) is 14.5. The Labute approximate surface area is 191 Å². The maximum atomic E-state index is 12.9. The van der Waals surface area contributed by atoms with Gasteiger partial charge in [0, 0.05) is 20.6 Å². The molecular formula is C22H17BrClN3O2S. The summed E-state index contributed by atoms with van der Waals surface area (Å²) in [4.78, 5) is 17.6. The molecule has 0 spiro atoms. The normalized spacial score (nSPS) is 19.8. The lowest BCUT2D eigenvalue weighted by molar-refractivity contribution is -0.0676. The number of hydrogen-bond acceptors (Lipinski definition) is 4. The average Bonchev–Trinajstić information content (AvgIpc) is 3.06. The highest BCUT2D eigenvalue weighted by atomic mass is 79.9. The van der Waals surface area contributed by atoms with Crippen molar-refractivity contribution in [2.45, 2.75) is 5.72 Å². The van der Waals surface area contributed by atoms with Crippen molar-refractivity contribution in [3.05, 3.63) is 99.5 Å². The Kier molecular flexibility index (Phi) is 6.15. The molecule has 1 aliphatic heterocycles. The fourth-order valence-electron chi connectivity index (χ4n) is 3.01. The van der Waals surface area contributed by atoms with E-state index in [0.717, 1.165) is 10.2 Å². The van der Waals surface area contributed by atoms with Crippen molar-refractivity contribution in [2.75, 3.05) is 5.75 Å². The number of amides is 1. The molecule has 1 heterocycles. The molecule has 5 nitrogen and oxygen atoms in total. The number of benzene rings is 3. The van der Waals surface area contributed by atoms with Crippen LogP contribution >= 0.6 is 39.3 Å². The molecule has 1 saturated heterocycles. The number of thioether (sulfide) groups is 1. The van der Waals surface area contributed by atoms with Gasteiger partial charge in [-0.25, -0.2) is 10.0 Å². The molecule has 1 amide bonds. The van der Waals surface area contributed by atoms with E-state index in [2.05, 4.69) is 26.3 Å². The maximum Gasteiger partial charge on any atom is 0.269 e. The summed E-state index contributed by atoms with van der Waals surface area (Å²) in [6, 6.07) is 23.3. The second-order valence-electron chi connectivity index (χ2n) is 6.63. The maximum absolute atomic E-state index is 12.9. The molecule has 1 aliphatic rings. The number of carbonyl (C=O) groups excluding carboxylic acids is 1. The van der Waals surface area contributed by atoms with Crippen molar-refractivity contribution >= 4 is 56.1 Å². The van der Waals surface area contributed by atoms with E-state index in [-0.39, 0.29) is 5.91 Å². The number of carbonyl (C=O) groups is 1. The first-order valence-corrected chi connectivity index (χ1v) is 11.2. The van der Waals surface area contributed by atoms with Gasteiger partial charge in [0.25, 0.3) is 5.91 Å². The van der Waals surface area contributed by atoms with Gasteiger partial charge in [-0.1, -0.05) is 69.6 Å². The van der Waals surface area contributed by atoms with E-state index in [0.29, 0.717) is 27.1 Å². The Morgan fingerprint density at radius 2 is 1.83 bits per heavy atom. The minimum atomic E-state index is -1.47. The molecule has 3 aromatic rings. The standard InChI is InChI=1S/C22H17BrClN3O2S/c23-17-6-4-5-16(13-17)22(29)14-30-21(25-19-7-2-1-3-8-19)27(22)26-20(28)15-9-11-18(24)12-10-15/h1-13,29H,14H2,(H,26,28). The van der Waals surface area contributed by atoms with Crippen molar-refractivity contribution in [3.8, 4) is 0 Å². The summed E-state index contributed by atoms with van der Waals surface area (Å²) >= 11 is 10.7. The van der Waals surface area contributed by atoms with Crippen LogP contribution in [0.3, 0.4) is 0 Å². The fraction of sp³-hybridized carbons (Fsp3) is 0.0909. The van der Waals surface area contributed by atoms with E-state index >= 15 is 0 Å². The SMILES string of the molecule is O=C(NN1C(=Nc2ccccc2)SCC1(O)c1cccc(Br)c1)c1ccc(Cl)cc1. The Hall–Kier alpha value is -2.32. The molecule has 1 atom stereocenters. The van der Waals surface area contributed by atoms with Crippen LogP contribution in [0.25, 0.3) is 0 Å². The summed E-state index contributed by atoms with van der Waals surface area (Å²) in [7, 11) is 0. The van der Waals surface area contributed by atoms with Crippen molar-refractivity contribution in [1.82, 2.24) is 10.4 Å². The molecule has 4 rings (SSSR count). The van der Waals surface area contributed by atoms with Gasteiger partial charge in [0.05, 0.1) is 11.4 Å². The number of nitrogens with zero attached hydrogens (tertiary/aromatic N) is 2. The molecular weight excluding hydrogens is 486 g/mol. The average molecular weight is 503 g/mol.